The van der Waals surface area contributed by atoms with Gasteiger partial charge in [0.2, 0.25) is 0 Å². The highest BCUT2D eigenvalue weighted by atomic mass is 32.1. The van der Waals surface area contributed by atoms with E-state index in [9.17, 15) is 8.78 Å². The smallest absolute Gasteiger partial charge is 0.143 e. The Kier molecular flexibility index (Phi) is 5.11. The lowest BCUT2D eigenvalue weighted by molar-refractivity contribution is 0.578. The molecule has 0 radical (unpaired) electrons. The molecule has 0 amide bonds. The predicted octanol–water partition coefficient (Wildman–Crippen LogP) is 5.77. The van der Waals surface area contributed by atoms with Crippen LogP contribution in [0.25, 0.3) is 11.1 Å². The Bertz CT molecular complexity index is 986. The van der Waals surface area contributed by atoms with Gasteiger partial charge in [-0.05, 0) is 35.5 Å². The molecule has 0 aliphatic heterocycles. The first-order valence-electron chi connectivity index (χ1n) is 7.42. The minimum Gasteiger partial charge on any atom is -0.205 e. The molecule has 0 unspecified atom stereocenters. The van der Waals surface area contributed by atoms with Crippen LogP contribution in [0, 0.1) is 23.5 Å². The number of aliphatic imine (C=N–C) groups is 1. The predicted molar refractivity (Wildman–Crippen MR) is 98.9 cm³/mol. The molecule has 3 aromatic carbocycles. The molecule has 120 valence electrons. The second-order valence-electron chi connectivity index (χ2n) is 5.18. The summed E-state index contributed by atoms with van der Waals surface area (Å²) in [7, 11) is 0. The van der Waals surface area contributed by atoms with E-state index in [0.717, 1.165) is 23.3 Å². The van der Waals surface area contributed by atoms with E-state index in [1.54, 1.807) is 0 Å². The molecular weight excluding hydrogens is 336 g/mol. The SMILES string of the molecule is Fc1cc(N=C=S)cc(F)c1C#Cc1ccc(-c2ccccc2)cc1. The Hall–Kier alpha value is -3.12. The minimum atomic E-state index is -0.780. The van der Waals surface area contributed by atoms with E-state index in [0.29, 0.717) is 5.56 Å². The number of thiocarbonyl (C=S) groups is 1. The summed E-state index contributed by atoms with van der Waals surface area (Å²) in [6.07, 6.45) is 0. The molecule has 0 aliphatic carbocycles. The minimum absolute atomic E-state index is 0.0720. The molecule has 3 aromatic rings. The van der Waals surface area contributed by atoms with Crippen LogP contribution in [0.4, 0.5) is 14.5 Å². The van der Waals surface area contributed by atoms with Gasteiger partial charge < -0.3 is 0 Å². The van der Waals surface area contributed by atoms with Crippen molar-refractivity contribution < 1.29 is 8.78 Å². The lowest BCUT2D eigenvalue weighted by atomic mass is 10.0. The van der Waals surface area contributed by atoms with Crippen molar-refractivity contribution in [1.82, 2.24) is 0 Å². The van der Waals surface area contributed by atoms with Crippen molar-refractivity contribution in [3.63, 3.8) is 0 Å². The van der Waals surface area contributed by atoms with Gasteiger partial charge in [0.15, 0.2) is 0 Å². The number of benzene rings is 3. The number of rotatable bonds is 2. The maximum absolute atomic E-state index is 14.0. The van der Waals surface area contributed by atoms with Crippen LogP contribution in [0.5, 0.6) is 0 Å². The fourth-order valence-electron chi connectivity index (χ4n) is 2.31. The molecule has 4 heteroatoms. The largest absolute Gasteiger partial charge is 0.205 e. The summed E-state index contributed by atoms with van der Waals surface area (Å²) in [5.41, 5.74) is 2.58. The molecule has 0 bridgehead atoms. The Morgan fingerprint density at radius 1 is 0.760 bits per heavy atom. The lowest BCUT2D eigenvalue weighted by Crippen LogP contribution is -1.90. The van der Waals surface area contributed by atoms with Crippen LogP contribution in [-0.2, 0) is 0 Å². The maximum Gasteiger partial charge on any atom is 0.143 e. The van der Waals surface area contributed by atoms with Gasteiger partial charge in [-0.2, -0.15) is 4.99 Å². The van der Waals surface area contributed by atoms with Crippen molar-refractivity contribution in [2.24, 2.45) is 4.99 Å². The highest BCUT2D eigenvalue weighted by molar-refractivity contribution is 7.78. The standard InChI is InChI=1S/C21H11F2NS/c22-20-12-18(24-14-25)13-21(23)19(20)11-8-15-6-9-17(10-7-15)16-4-2-1-3-5-16/h1-7,9-10,12-13H. The van der Waals surface area contributed by atoms with Crippen molar-refractivity contribution in [2.45, 2.75) is 0 Å². The third-order valence-electron chi connectivity index (χ3n) is 3.53. The van der Waals surface area contributed by atoms with Gasteiger partial charge in [-0.1, -0.05) is 54.3 Å². The Labute approximate surface area is 149 Å². The molecule has 25 heavy (non-hydrogen) atoms. The Morgan fingerprint density at radius 2 is 1.36 bits per heavy atom. The second-order valence-corrected chi connectivity index (χ2v) is 5.36. The normalized spacial score (nSPS) is 9.68. The van der Waals surface area contributed by atoms with Crippen LogP contribution in [0.15, 0.2) is 71.7 Å². The van der Waals surface area contributed by atoms with Crippen LogP contribution in [0.1, 0.15) is 11.1 Å². The highest BCUT2D eigenvalue weighted by Gasteiger charge is 2.08. The highest BCUT2D eigenvalue weighted by Crippen LogP contribution is 2.21. The van der Waals surface area contributed by atoms with Gasteiger partial charge in [0, 0.05) is 17.7 Å². The first-order chi connectivity index (χ1) is 12.2. The average molecular weight is 347 g/mol. The van der Waals surface area contributed by atoms with E-state index >= 15 is 0 Å². The van der Waals surface area contributed by atoms with E-state index in [1.165, 1.54) is 0 Å². The topological polar surface area (TPSA) is 12.4 Å². The molecule has 0 atom stereocenters. The molecule has 0 N–H and O–H groups in total. The van der Waals surface area contributed by atoms with Crippen LogP contribution < -0.4 is 0 Å². The van der Waals surface area contributed by atoms with Crippen molar-refractivity contribution in [3.05, 3.63) is 89.5 Å². The monoisotopic (exact) mass is 347 g/mol. The second kappa shape index (κ2) is 7.63. The van der Waals surface area contributed by atoms with Gasteiger partial charge in [-0.25, -0.2) is 8.78 Å². The van der Waals surface area contributed by atoms with Gasteiger partial charge in [-0.15, -0.1) is 0 Å². The third-order valence-corrected chi connectivity index (χ3v) is 3.62. The maximum atomic E-state index is 14.0. The summed E-state index contributed by atoms with van der Waals surface area (Å²) < 4.78 is 27.9. The van der Waals surface area contributed by atoms with Crippen LogP contribution in [0.3, 0.4) is 0 Å². The summed E-state index contributed by atoms with van der Waals surface area (Å²) in [5.74, 6) is 3.75. The average Bonchev–Trinajstić information content (AvgIpc) is 2.62. The van der Waals surface area contributed by atoms with Crippen LogP contribution in [-0.4, -0.2) is 5.16 Å². The molecule has 0 aromatic heterocycles. The first kappa shape index (κ1) is 16.7. The van der Waals surface area contributed by atoms with Gasteiger partial charge >= 0.3 is 0 Å². The lowest BCUT2D eigenvalue weighted by Gasteiger charge is -2.01. The van der Waals surface area contributed by atoms with E-state index in [2.05, 4.69) is 34.2 Å². The van der Waals surface area contributed by atoms with Crippen molar-refractivity contribution in [2.75, 3.05) is 0 Å². The van der Waals surface area contributed by atoms with E-state index in [1.807, 2.05) is 54.6 Å². The summed E-state index contributed by atoms with van der Waals surface area (Å²) in [5, 5.41) is 2.07. The Balaban J connectivity index is 1.88. The van der Waals surface area contributed by atoms with Gasteiger partial charge in [0.1, 0.15) is 11.6 Å². The number of hydrogen-bond acceptors (Lipinski definition) is 2. The molecule has 0 aliphatic rings. The zero-order valence-electron chi connectivity index (χ0n) is 13.0. The zero-order chi connectivity index (χ0) is 17.6. The fourth-order valence-corrected chi connectivity index (χ4v) is 2.41. The van der Waals surface area contributed by atoms with E-state index in [4.69, 9.17) is 0 Å². The van der Waals surface area contributed by atoms with E-state index < -0.39 is 11.6 Å². The number of nitrogens with zero attached hydrogens (tertiary/aromatic N) is 1. The van der Waals surface area contributed by atoms with Crippen LogP contribution in [0.2, 0.25) is 0 Å². The molecule has 0 fully saturated rings. The molecular formula is C21H11F2NS. The summed E-state index contributed by atoms with van der Waals surface area (Å²) in [4.78, 5) is 3.56. The first-order valence-corrected chi connectivity index (χ1v) is 7.82. The molecule has 3 rings (SSSR count). The van der Waals surface area contributed by atoms with Gasteiger partial charge in [0.25, 0.3) is 0 Å². The summed E-state index contributed by atoms with van der Waals surface area (Å²) in [6, 6.07) is 19.5. The zero-order valence-corrected chi connectivity index (χ0v) is 13.8. The van der Waals surface area contributed by atoms with Crippen molar-refractivity contribution in [1.29, 1.82) is 0 Å². The fraction of sp³-hybridized carbons (Fsp3) is 0. The molecule has 0 heterocycles. The molecule has 0 spiro atoms. The molecule has 1 nitrogen and oxygen atoms in total. The van der Waals surface area contributed by atoms with Crippen molar-refractivity contribution >= 4 is 23.1 Å². The van der Waals surface area contributed by atoms with Gasteiger partial charge in [0.05, 0.1) is 16.4 Å². The number of hydrogen-bond donors (Lipinski definition) is 0. The summed E-state index contributed by atoms with van der Waals surface area (Å²) in [6.45, 7) is 0. The van der Waals surface area contributed by atoms with E-state index in [-0.39, 0.29) is 11.3 Å². The van der Waals surface area contributed by atoms with Gasteiger partial charge in [-0.3, -0.25) is 0 Å². The Morgan fingerprint density at radius 3 is 1.96 bits per heavy atom. The summed E-state index contributed by atoms with van der Waals surface area (Å²) >= 11 is 4.42. The van der Waals surface area contributed by atoms with Crippen molar-refractivity contribution in [3.8, 4) is 23.0 Å². The third kappa shape index (κ3) is 4.05. The molecule has 0 saturated heterocycles. The van der Waals surface area contributed by atoms with Crippen LogP contribution >= 0.6 is 12.2 Å². The quantitative estimate of drug-likeness (QED) is 0.326. The number of halogens is 2. The molecule has 0 saturated carbocycles. The number of isothiocyanates is 1.